The first-order valence-electron chi connectivity index (χ1n) is 31.1. The Morgan fingerprint density at radius 3 is 0.432 bits per heavy atom. The van der Waals surface area contributed by atoms with Crippen LogP contribution in [0.4, 0.5) is 85.3 Å². The molecule has 442 valence electrons. The Morgan fingerprint density at radius 2 is 0.261 bits per heavy atom. The van der Waals surface area contributed by atoms with E-state index in [1.54, 1.807) is 0 Å². The average molecular weight is 1150 g/mol. The fourth-order valence-corrected chi connectivity index (χ4v) is 14.1. The summed E-state index contributed by atoms with van der Waals surface area (Å²) in [6, 6.07) is 77.4. The van der Waals surface area contributed by atoms with Crippen molar-refractivity contribution in [2.75, 3.05) is 24.5 Å². The molecular weight excluding hydrogens is 1070 g/mol. The van der Waals surface area contributed by atoms with Gasteiger partial charge in [-0.05, 0) is 295 Å². The highest BCUT2D eigenvalue weighted by molar-refractivity contribution is 5.90. The van der Waals surface area contributed by atoms with Crippen molar-refractivity contribution >= 4 is 85.3 Å². The average Bonchev–Trinajstić information content (AvgIpc) is 1.50. The Kier molecular flexibility index (Phi) is 16.8. The van der Waals surface area contributed by atoms with E-state index in [1.807, 2.05) is 0 Å². The predicted octanol–water partition coefficient (Wildman–Crippen LogP) is 24.3. The molecular formula is C83H85N5. The third kappa shape index (κ3) is 12.0. The Bertz CT molecular complexity index is 4190. The van der Waals surface area contributed by atoms with E-state index in [4.69, 9.17) is 0 Å². The van der Waals surface area contributed by atoms with Gasteiger partial charge in [0, 0.05) is 56.9 Å². The van der Waals surface area contributed by atoms with Gasteiger partial charge in [-0.3, -0.25) is 0 Å². The minimum absolute atomic E-state index is 1.06. The molecule has 0 heterocycles. The molecule has 0 bridgehead atoms. The molecule has 0 aliphatic carbocycles. The van der Waals surface area contributed by atoms with Gasteiger partial charge in [0.15, 0.2) is 0 Å². The topological polar surface area (TPSA) is 16.2 Å². The summed E-state index contributed by atoms with van der Waals surface area (Å²) >= 11 is 0. The van der Waals surface area contributed by atoms with Crippen LogP contribution in [0.15, 0.2) is 206 Å². The second-order valence-corrected chi connectivity index (χ2v) is 25.2. The third-order valence-corrected chi connectivity index (χ3v) is 17.3. The van der Waals surface area contributed by atoms with Gasteiger partial charge >= 0.3 is 0 Å². The molecule has 0 fully saturated rings. The maximum atomic E-state index is 2.49. The summed E-state index contributed by atoms with van der Waals surface area (Å²) in [5.41, 5.74) is 38.1. The van der Waals surface area contributed by atoms with Crippen molar-refractivity contribution in [2.24, 2.45) is 0 Å². The maximum absolute atomic E-state index is 2.49. The first-order chi connectivity index (χ1) is 42.1. The monoisotopic (exact) mass is 1150 g/mol. The second kappa shape index (κ2) is 24.7. The van der Waals surface area contributed by atoms with E-state index in [0.717, 1.165) is 56.9 Å². The van der Waals surface area contributed by atoms with Gasteiger partial charge in [-0.2, -0.15) is 0 Å². The van der Waals surface area contributed by atoms with E-state index < -0.39 is 0 Å². The van der Waals surface area contributed by atoms with Gasteiger partial charge in [0.05, 0.1) is 28.4 Å². The molecule has 5 heteroatoms. The van der Waals surface area contributed by atoms with Crippen LogP contribution in [0.1, 0.15) is 94.6 Å². The summed E-state index contributed by atoms with van der Waals surface area (Å²) in [4.78, 5) is 12.2. The van der Waals surface area contributed by atoms with Crippen molar-refractivity contribution < 1.29 is 0 Å². The van der Waals surface area contributed by atoms with Gasteiger partial charge in [-0.25, -0.2) is 0 Å². The van der Waals surface area contributed by atoms with E-state index in [1.165, 1.54) is 123 Å². The third-order valence-electron chi connectivity index (χ3n) is 17.3. The molecule has 0 amide bonds. The molecule has 11 aromatic rings. The van der Waals surface area contributed by atoms with Crippen molar-refractivity contribution in [3.63, 3.8) is 0 Å². The summed E-state index contributed by atoms with van der Waals surface area (Å²) in [5.74, 6) is 0. The molecule has 88 heavy (non-hydrogen) atoms. The molecule has 0 aliphatic heterocycles. The SMILES string of the molecule is Cc1ccc(N(c2ccc(N(c3ccc(N(c4ccc(C)cc4)c4c(C)cc(C)cc4C)cc3)c3c(C)cc(C)cc3C)cc2)c2ccc(N(c3ccc(N(c4c(C)cc(C)cc4C)c4c(C)cc(C)cc4C)cc3)c3c(C)cc(C)cc3C)cc2)cc1. The predicted molar refractivity (Wildman–Crippen MR) is 380 cm³/mol. The minimum atomic E-state index is 1.06. The summed E-state index contributed by atoms with van der Waals surface area (Å²) < 4.78 is 0. The number of hydrogen-bond acceptors (Lipinski definition) is 5. The van der Waals surface area contributed by atoms with E-state index >= 15 is 0 Å². The summed E-state index contributed by atoms with van der Waals surface area (Å²) in [7, 11) is 0. The Hall–Kier alpha value is -9.58. The zero-order valence-corrected chi connectivity index (χ0v) is 54.9. The molecule has 11 rings (SSSR count). The van der Waals surface area contributed by atoms with Crippen molar-refractivity contribution in [1.29, 1.82) is 0 Å². The van der Waals surface area contributed by atoms with Crippen molar-refractivity contribution in [3.05, 3.63) is 301 Å². The van der Waals surface area contributed by atoms with Crippen LogP contribution in [-0.2, 0) is 0 Å². The normalized spacial score (nSPS) is 11.2. The fraction of sp³-hybridized carbons (Fsp3) is 0.205. The minimum Gasteiger partial charge on any atom is -0.311 e. The van der Waals surface area contributed by atoms with Crippen molar-refractivity contribution in [1.82, 2.24) is 0 Å². The first kappa shape index (κ1) is 60.1. The quantitative estimate of drug-likeness (QED) is 0.101. The smallest absolute Gasteiger partial charge is 0.0520 e. The van der Waals surface area contributed by atoms with E-state index in [0.29, 0.717) is 0 Å². The number of hydrogen-bond donors (Lipinski definition) is 0. The van der Waals surface area contributed by atoms with Gasteiger partial charge in [-0.1, -0.05) is 124 Å². The molecule has 0 atom stereocenters. The van der Waals surface area contributed by atoms with Crippen LogP contribution < -0.4 is 24.5 Å². The highest BCUT2D eigenvalue weighted by atomic mass is 15.2. The largest absolute Gasteiger partial charge is 0.311 e. The van der Waals surface area contributed by atoms with Crippen molar-refractivity contribution in [3.8, 4) is 0 Å². The Balaban J connectivity index is 0.988. The van der Waals surface area contributed by atoms with Crippen molar-refractivity contribution in [2.45, 2.75) is 118 Å². The van der Waals surface area contributed by atoms with Crippen LogP contribution in [0, 0.1) is 118 Å². The molecule has 0 spiro atoms. The molecule has 0 unspecified atom stereocenters. The van der Waals surface area contributed by atoms with Crippen LogP contribution in [0.5, 0.6) is 0 Å². The number of nitrogens with zero attached hydrogens (tertiary/aromatic N) is 5. The molecule has 0 radical (unpaired) electrons. The van der Waals surface area contributed by atoms with E-state index in [-0.39, 0.29) is 0 Å². The molecule has 0 N–H and O–H groups in total. The number of aryl methyl sites for hydroxylation is 17. The Morgan fingerprint density at radius 1 is 0.136 bits per heavy atom. The number of rotatable bonds is 15. The van der Waals surface area contributed by atoms with Crippen LogP contribution in [0.2, 0.25) is 0 Å². The summed E-state index contributed by atoms with van der Waals surface area (Å²) in [6.07, 6.45) is 0. The van der Waals surface area contributed by atoms with Crippen LogP contribution in [0.3, 0.4) is 0 Å². The highest BCUT2D eigenvalue weighted by Gasteiger charge is 2.26. The lowest BCUT2D eigenvalue weighted by Gasteiger charge is -2.33. The molecule has 11 aromatic carbocycles. The van der Waals surface area contributed by atoms with E-state index in [2.05, 4.69) is 348 Å². The highest BCUT2D eigenvalue weighted by Crippen LogP contribution is 2.48. The van der Waals surface area contributed by atoms with Gasteiger partial charge in [0.1, 0.15) is 0 Å². The standard InChI is InChI=1S/C83H85N5/c1-52-18-22-69(23-19-52)84(70-26-30-73(31-27-70)86(80-61(10)44-55(4)45-62(80)11)76-36-34-75(35-37-76)85(72-24-20-53(2)21-25-72)79-59(8)42-54(3)43-60(79)9)71-28-32-74(33-29-71)87(81-63(12)46-56(5)47-64(81)13)77-38-40-78(41-39-77)88(82-65(14)48-57(6)49-66(82)15)83-67(16)50-58(7)51-68(83)17/h18-51H,1-17H3. The lowest BCUT2D eigenvalue weighted by atomic mass is 9.98. The molecule has 0 saturated carbocycles. The fourth-order valence-electron chi connectivity index (χ4n) is 14.1. The van der Waals surface area contributed by atoms with Gasteiger partial charge in [0.2, 0.25) is 0 Å². The lowest BCUT2D eigenvalue weighted by Crippen LogP contribution is -2.17. The molecule has 5 nitrogen and oxygen atoms in total. The molecule has 0 saturated heterocycles. The summed E-state index contributed by atoms with van der Waals surface area (Å²) in [5, 5.41) is 0. The Labute approximate surface area is 525 Å². The zero-order chi connectivity index (χ0) is 62.4. The number of benzene rings is 11. The van der Waals surface area contributed by atoms with Crippen LogP contribution >= 0.6 is 0 Å². The molecule has 0 aliphatic rings. The summed E-state index contributed by atoms with van der Waals surface area (Å²) in [6.45, 7) is 37.7. The lowest BCUT2D eigenvalue weighted by molar-refractivity contribution is 1.16. The number of anilines is 15. The van der Waals surface area contributed by atoms with Crippen LogP contribution in [0.25, 0.3) is 0 Å². The zero-order valence-electron chi connectivity index (χ0n) is 54.9. The first-order valence-corrected chi connectivity index (χ1v) is 31.1. The van der Waals surface area contributed by atoms with Crippen LogP contribution in [-0.4, -0.2) is 0 Å². The van der Waals surface area contributed by atoms with Gasteiger partial charge in [0.25, 0.3) is 0 Å². The maximum Gasteiger partial charge on any atom is 0.0520 e. The van der Waals surface area contributed by atoms with E-state index in [9.17, 15) is 0 Å². The van der Waals surface area contributed by atoms with Gasteiger partial charge < -0.3 is 24.5 Å². The molecule has 0 aromatic heterocycles. The second-order valence-electron chi connectivity index (χ2n) is 25.2. The van der Waals surface area contributed by atoms with Gasteiger partial charge in [-0.15, -0.1) is 0 Å².